The minimum atomic E-state index is -1.78. The number of carbonyl (C=O) groups is 3. The molecule has 26 heavy (non-hydrogen) atoms. The number of nitro groups is 1. The maximum absolute atomic E-state index is 12.0. The van der Waals surface area contributed by atoms with Gasteiger partial charge in [0.2, 0.25) is 0 Å². The van der Waals surface area contributed by atoms with E-state index >= 15 is 0 Å². The largest absolute Gasteiger partial charge is 0.531 e. The monoisotopic (exact) mass is 363 g/mol. The molecular weight excluding hydrogens is 350 g/mol. The summed E-state index contributed by atoms with van der Waals surface area (Å²) in [5.41, 5.74) is 9.07. The van der Waals surface area contributed by atoms with E-state index in [1.54, 1.807) is 0 Å². The lowest BCUT2D eigenvalue weighted by Crippen LogP contribution is -2.32. The topological polar surface area (TPSA) is 176 Å². The molecule has 0 bridgehead atoms. The Bertz CT molecular complexity index is 818. The quantitative estimate of drug-likeness (QED) is 0.193. The summed E-state index contributed by atoms with van der Waals surface area (Å²) in [6.45, 7) is 0.0164. The van der Waals surface area contributed by atoms with Crippen molar-refractivity contribution in [1.29, 1.82) is 0 Å². The maximum Gasteiger partial charge on any atom is 0.531 e. The summed E-state index contributed by atoms with van der Waals surface area (Å²) in [6.07, 6.45) is -1.83. The third-order valence-electron chi connectivity index (χ3n) is 3.79. The normalized spacial score (nSPS) is 16.3. The molecule has 12 heteroatoms. The first-order valence-electron chi connectivity index (χ1n) is 7.38. The number of amides is 2. The summed E-state index contributed by atoms with van der Waals surface area (Å²) < 4.78 is 0. The number of hydrogen-bond acceptors (Lipinski definition) is 7. The molecule has 1 N–H and O–H groups in total. The summed E-state index contributed by atoms with van der Waals surface area (Å²) in [7, 11) is 0. The van der Waals surface area contributed by atoms with E-state index in [0.717, 1.165) is 0 Å². The molecule has 1 fully saturated rings. The third-order valence-corrected chi connectivity index (χ3v) is 3.79. The number of carbonyl (C=O) groups excluding carboxylic acids is 2. The van der Waals surface area contributed by atoms with Crippen molar-refractivity contribution in [2.24, 2.45) is 11.0 Å². The van der Waals surface area contributed by atoms with E-state index in [-0.39, 0.29) is 36.6 Å². The molecule has 1 aliphatic heterocycles. The van der Waals surface area contributed by atoms with Gasteiger partial charge in [-0.05, 0) is 30.0 Å². The second-order valence-electron chi connectivity index (χ2n) is 5.43. The van der Waals surface area contributed by atoms with Gasteiger partial charge < -0.3 is 5.11 Å². The van der Waals surface area contributed by atoms with E-state index < -0.39 is 28.8 Å². The molecule has 1 aromatic rings. The average Bonchev–Trinajstić information content (AvgIpc) is 2.85. The Hall–Kier alpha value is -3.66. The van der Waals surface area contributed by atoms with Crippen LogP contribution in [0.15, 0.2) is 23.3 Å². The molecule has 1 unspecified atom stereocenters. The van der Waals surface area contributed by atoms with Crippen molar-refractivity contribution < 1.29 is 29.3 Å². The Kier molecular flexibility index (Phi) is 5.71. The first-order valence-corrected chi connectivity index (χ1v) is 7.38. The highest BCUT2D eigenvalue weighted by Gasteiger charge is 2.41. The molecule has 0 spiro atoms. The van der Waals surface area contributed by atoms with Crippen LogP contribution in [-0.4, -0.2) is 33.1 Å². The maximum atomic E-state index is 12.0. The van der Waals surface area contributed by atoms with Crippen LogP contribution in [0.25, 0.3) is 10.4 Å². The lowest BCUT2D eigenvalue weighted by molar-refractivity contribution is -0.385. The molecule has 0 aromatic heterocycles. The predicted octanol–water partition coefficient (Wildman–Crippen LogP) is 2.32. The van der Waals surface area contributed by atoms with Crippen LogP contribution < -0.4 is 0 Å². The van der Waals surface area contributed by atoms with Crippen LogP contribution in [0.4, 0.5) is 10.5 Å². The number of rotatable bonds is 7. The van der Waals surface area contributed by atoms with E-state index in [2.05, 4.69) is 14.9 Å². The molecule has 1 aliphatic rings. The SMILES string of the molecule is [N-]=[N+]=NCc1ccc([N+](=O)[O-])c(CCC2CC(=O)N(OC(=O)O)C2=O)c1. The van der Waals surface area contributed by atoms with Crippen molar-refractivity contribution in [2.75, 3.05) is 0 Å². The van der Waals surface area contributed by atoms with Gasteiger partial charge in [-0.1, -0.05) is 16.2 Å². The van der Waals surface area contributed by atoms with Gasteiger partial charge in [0, 0.05) is 23.0 Å². The van der Waals surface area contributed by atoms with Gasteiger partial charge in [-0.3, -0.25) is 24.5 Å². The van der Waals surface area contributed by atoms with Gasteiger partial charge in [0.25, 0.3) is 17.5 Å². The van der Waals surface area contributed by atoms with E-state index in [9.17, 15) is 24.5 Å². The van der Waals surface area contributed by atoms with E-state index in [1.807, 2.05) is 0 Å². The number of hydrogen-bond donors (Lipinski definition) is 1. The number of aryl methyl sites for hydroxylation is 1. The number of imide groups is 1. The van der Waals surface area contributed by atoms with Crippen LogP contribution >= 0.6 is 0 Å². The summed E-state index contributed by atoms with van der Waals surface area (Å²) in [5.74, 6) is -2.42. The highest BCUT2D eigenvalue weighted by atomic mass is 16.8. The van der Waals surface area contributed by atoms with Crippen LogP contribution in [0.2, 0.25) is 0 Å². The molecule has 0 saturated carbocycles. The van der Waals surface area contributed by atoms with Crippen LogP contribution in [0, 0.1) is 16.0 Å². The smallest absolute Gasteiger partial charge is 0.448 e. The predicted molar refractivity (Wildman–Crippen MR) is 83.3 cm³/mol. The number of nitro benzene ring substituents is 1. The van der Waals surface area contributed by atoms with Crippen LogP contribution in [0.3, 0.4) is 0 Å². The lowest BCUT2D eigenvalue weighted by Gasteiger charge is -2.11. The zero-order valence-corrected chi connectivity index (χ0v) is 13.3. The van der Waals surface area contributed by atoms with E-state index in [4.69, 9.17) is 10.6 Å². The fourth-order valence-electron chi connectivity index (χ4n) is 2.63. The van der Waals surface area contributed by atoms with Crippen LogP contribution in [0.5, 0.6) is 0 Å². The van der Waals surface area contributed by atoms with Gasteiger partial charge in [-0.25, -0.2) is 4.79 Å². The molecule has 1 atom stereocenters. The number of benzene rings is 1. The molecule has 1 aromatic carbocycles. The van der Waals surface area contributed by atoms with Crippen molar-refractivity contribution in [3.8, 4) is 0 Å². The number of carboxylic acid groups (broad SMARTS) is 1. The van der Waals surface area contributed by atoms with Gasteiger partial charge in [0.05, 0.1) is 17.4 Å². The molecule has 0 aliphatic carbocycles. The third kappa shape index (κ3) is 4.24. The minimum Gasteiger partial charge on any atom is -0.448 e. The first-order chi connectivity index (χ1) is 12.3. The average molecular weight is 363 g/mol. The highest BCUT2D eigenvalue weighted by Crippen LogP contribution is 2.28. The Morgan fingerprint density at radius 2 is 2.23 bits per heavy atom. The lowest BCUT2D eigenvalue weighted by atomic mass is 9.96. The van der Waals surface area contributed by atoms with Crippen LogP contribution in [-0.2, 0) is 27.4 Å². The zero-order chi connectivity index (χ0) is 19.3. The second-order valence-corrected chi connectivity index (χ2v) is 5.43. The fourth-order valence-corrected chi connectivity index (χ4v) is 2.63. The standard InChI is InChI=1S/C14H13N5O7/c15-17-16-7-8-1-4-11(19(24)25)9(5-8)2-3-10-6-12(20)18(13(10)21)26-14(22)23/h1,4-5,10H,2-3,6-7H2,(H,22,23). The number of hydroxylamine groups is 2. The van der Waals surface area contributed by atoms with Crippen LogP contribution in [0.1, 0.15) is 24.0 Å². The summed E-state index contributed by atoms with van der Waals surface area (Å²) in [6, 6.07) is 4.24. The summed E-state index contributed by atoms with van der Waals surface area (Å²) in [4.78, 5) is 51.5. The Balaban J connectivity index is 2.14. The van der Waals surface area contributed by atoms with Crippen molar-refractivity contribution >= 4 is 23.7 Å². The fraction of sp³-hybridized carbons (Fsp3) is 0.357. The first kappa shape index (κ1) is 18.7. The molecule has 1 saturated heterocycles. The minimum absolute atomic E-state index is 0.0164. The van der Waals surface area contributed by atoms with Crippen molar-refractivity contribution in [3.05, 3.63) is 49.9 Å². The Morgan fingerprint density at radius 1 is 1.50 bits per heavy atom. The van der Waals surface area contributed by atoms with E-state index in [1.165, 1.54) is 18.2 Å². The zero-order valence-electron chi connectivity index (χ0n) is 13.3. The number of azide groups is 1. The summed E-state index contributed by atoms with van der Waals surface area (Å²) >= 11 is 0. The Labute approximate surface area is 145 Å². The number of nitrogens with zero attached hydrogens (tertiary/aromatic N) is 5. The molecular formula is C14H13N5O7. The van der Waals surface area contributed by atoms with Gasteiger partial charge in [-0.2, -0.15) is 0 Å². The molecule has 12 nitrogen and oxygen atoms in total. The second kappa shape index (κ2) is 7.94. The molecule has 0 radical (unpaired) electrons. The van der Waals surface area contributed by atoms with Crippen molar-refractivity contribution in [1.82, 2.24) is 5.06 Å². The Morgan fingerprint density at radius 3 is 2.85 bits per heavy atom. The van der Waals surface area contributed by atoms with Gasteiger partial charge in [0.1, 0.15) is 0 Å². The van der Waals surface area contributed by atoms with Gasteiger partial charge in [-0.15, -0.1) is 0 Å². The summed E-state index contributed by atoms with van der Waals surface area (Å²) in [5, 5.41) is 23.2. The molecule has 1 heterocycles. The molecule has 136 valence electrons. The van der Waals surface area contributed by atoms with E-state index in [0.29, 0.717) is 11.1 Å². The highest BCUT2D eigenvalue weighted by molar-refractivity contribution is 6.02. The van der Waals surface area contributed by atoms with Crippen molar-refractivity contribution in [2.45, 2.75) is 25.8 Å². The molecule has 2 amide bonds. The van der Waals surface area contributed by atoms with Gasteiger partial charge in [0.15, 0.2) is 0 Å². The van der Waals surface area contributed by atoms with Gasteiger partial charge >= 0.3 is 6.16 Å². The molecule has 2 rings (SSSR count). The van der Waals surface area contributed by atoms with Crippen molar-refractivity contribution in [3.63, 3.8) is 0 Å².